The highest BCUT2D eigenvalue weighted by Gasteiger charge is 2.58. The van der Waals surface area contributed by atoms with Crippen LogP contribution in [0.25, 0.3) is 16.9 Å². The fourth-order valence-electron chi connectivity index (χ4n) is 4.41. The van der Waals surface area contributed by atoms with Gasteiger partial charge in [-0.05, 0) is 50.3 Å². The standard InChI is InChI=1S/C20H19ClFN5O/c1-11-18(12(2)27(26-11)15-5-14(22)8-23-9-15)16-6-17(25-19(21)24-16)20-3-4-28-10-13(20)7-20/h5-6,8-9,13H,3-4,7,10H2,1-2H3. The van der Waals surface area contributed by atoms with E-state index in [2.05, 4.69) is 20.1 Å². The lowest BCUT2D eigenvalue weighted by Gasteiger charge is -2.22. The van der Waals surface area contributed by atoms with Crippen molar-refractivity contribution in [2.75, 3.05) is 13.2 Å². The van der Waals surface area contributed by atoms with E-state index in [4.69, 9.17) is 16.3 Å². The Kier molecular flexibility index (Phi) is 4.00. The van der Waals surface area contributed by atoms with Crippen molar-refractivity contribution in [3.8, 4) is 16.9 Å². The van der Waals surface area contributed by atoms with E-state index in [0.717, 1.165) is 54.4 Å². The van der Waals surface area contributed by atoms with Gasteiger partial charge in [-0.15, -0.1) is 0 Å². The van der Waals surface area contributed by atoms with Crippen molar-refractivity contribution in [3.63, 3.8) is 0 Å². The lowest BCUT2D eigenvalue weighted by Crippen LogP contribution is -2.23. The lowest BCUT2D eigenvalue weighted by atomic mass is 9.92. The second-order valence-electron chi connectivity index (χ2n) is 7.61. The van der Waals surface area contributed by atoms with Crippen molar-refractivity contribution in [1.82, 2.24) is 24.7 Å². The molecule has 2 unspecified atom stereocenters. The predicted octanol–water partition coefficient (Wildman–Crippen LogP) is 3.81. The van der Waals surface area contributed by atoms with Crippen LogP contribution in [0.4, 0.5) is 4.39 Å². The SMILES string of the molecule is Cc1nn(-c2cncc(F)c2)c(C)c1-c1cc(C23CCOCC2C3)nc(Cl)n1. The first-order chi connectivity index (χ1) is 13.5. The summed E-state index contributed by atoms with van der Waals surface area (Å²) in [7, 11) is 0. The zero-order valence-corrected chi connectivity index (χ0v) is 16.4. The highest BCUT2D eigenvalue weighted by atomic mass is 35.5. The average molecular weight is 400 g/mol. The Balaban J connectivity index is 1.61. The van der Waals surface area contributed by atoms with E-state index >= 15 is 0 Å². The molecule has 6 nitrogen and oxygen atoms in total. The van der Waals surface area contributed by atoms with E-state index in [-0.39, 0.29) is 10.7 Å². The Hall–Kier alpha value is -2.38. The summed E-state index contributed by atoms with van der Waals surface area (Å²) in [5.74, 6) is 0.0979. The van der Waals surface area contributed by atoms with Gasteiger partial charge in [0.1, 0.15) is 5.82 Å². The maximum atomic E-state index is 13.6. The van der Waals surface area contributed by atoms with Crippen LogP contribution in [0.5, 0.6) is 0 Å². The number of rotatable bonds is 3. The van der Waals surface area contributed by atoms with Crippen LogP contribution in [0.3, 0.4) is 0 Å². The summed E-state index contributed by atoms with van der Waals surface area (Å²) in [5.41, 5.74) is 4.88. The van der Waals surface area contributed by atoms with Gasteiger partial charge in [-0.3, -0.25) is 4.98 Å². The Labute approximate surface area is 166 Å². The normalized spacial score (nSPS) is 23.5. The summed E-state index contributed by atoms with van der Waals surface area (Å²) < 4.78 is 20.9. The molecule has 3 aromatic rings. The molecule has 2 fully saturated rings. The van der Waals surface area contributed by atoms with Crippen molar-refractivity contribution in [1.29, 1.82) is 0 Å². The van der Waals surface area contributed by atoms with Gasteiger partial charge in [0, 0.05) is 23.7 Å². The first-order valence-corrected chi connectivity index (χ1v) is 9.66. The van der Waals surface area contributed by atoms with Gasteiger partial charge in [0.05, 0.1) is 47.5 Å². The Bertz CT molecular complexity index is 1080. The Morgan fingerprint density at radius 3 is 2.89 bits per heavy atom. The number of hydrogen-bond donors (Lipinski definition) is 0. The molecule has 1 saturated heterocycles. The third-order valence-corrected chi connectivity index (χ3v) is 6.10. The average Bonchev–Trinajstić information content (AvgIpc) is 3.34. The quantitative estimate of drug-likeness (QED) is 0.626. The van der Waals surface area contributed by atoms with Gasteiger partial charge in [-0.25, -0.2) is 19.0 Å². The zero-order chi connectivity index (χ0) is 19.5. The molecule has 2 atom stereocenters. The molecule has 4 heterocycles. The monoisotopic (exact) mass is 399 g/mol. The van der Waals surface area contributed by atoms with Crippen LogP contribution in [0.2, 0.25) is 5.28 Å². The van der Waals surface area contributed by atoms with Crippen molar-refractivity contribution in [2.45, 2.75) is 32.1 Å². The molecule has 5 rings (SSSR count). The highest BCUT2D eigenvalue weighted by Crippen LogP contribution is 2.58. The second-order valence-corrected chi connectivity index (χ2v) is 7.95. The molecule has 8 heteroatoms. The lowest BCUT2D eigenvalue weighted by molar-refractivity contribution is 0.0794. The molecule has 0 N–H and O–H groups in total. The van der Waals surface area contributed by atoms with Crippen molar-refractivity contribution in [3.05, 3.63) is 52.7 Å². The molecular weight excluding hydrogens is 381 g/mol. The van der Waals surface area contributed by atoms with Crippen LogP contribution in [0.15, 0.2) is 24.5 Å². The van der Waals surface area contributed by atoms with Crippen LogP contribution in [0, 0.1) is 25.6 Å². The number of aryl methyl sites for hydroxylation is 1. The molecule has 0 aromatic carbocycles. The molecule has 0 spiro atoms. The third-order valence-electron chi connectivity index (χ3n) is 5.93. The molecule has 1 aliphatic carbocycles. The van der Waals surface area contributed by atoms with Crippen LogP contribution < -0.4 is 0 Å². The number of ether oxygens (including phenoxy) is 1. The van der Waals surface area contributed by atoms with Crippen LogP contribution in [-0.2, 0) is 10.2 Å². The van der Waals surface area contributed by atoms with Gasteiger partial charge in [0.15, 0.2) is 0 Å². The largest absolute Gasteiger partial charge is 0.381 e. The predicted molar refractivity (Wildman–Crippen MR) is 102 cm³/mol. The van der Waals surface area contributed by atoms with Gasteiger partial charge < -0.3 is 4.74 Å². The summed E-state index contributed by atoms with van der Waals surface area (Å²) in [6, 6.07) is 3.44. The van der Waals surface area contributed by atoms with Gasteiger partial charge in [-0.2, -0.15) is 5.10 Å². The molecular formula is C20H19ClFN5O. The summed E-state index contributed by atoms with van der Waals surface area (Å²) in [6.07, 6.45) is 4.79. The molecule has 28 heavy (non-hydrogen) atoms. The van der Waals surface area contributed by atoms with E-state index in [1.165, 1.54) is 12.3 Å². The summed E-state index contributed by atoms with van der Waals surface area (Å²) >= 11 is 6.31. The van der Waals surface area contributed by atoms with Gasteiger partial charge in [0.25, 0.3) is 0 Å². The maximum absolute atomic E-state index is 13.6. The number of hydrogen-bond acceptors (Lipinski definition) is 5. The zero-order valence-electron chi connectivity index (χ0n) is 15.6. The molecule has 2 aliphatic rings. The maximum Gasteiger partial charge on any atom is 0.223 e. The van der Waals surface area contributed by atoms with E-state index in [1.54, 1.807) is 10.9 Å². The van der Waals surface area contributed by atoms with E-state index in [0.29, 0.717) is 11.6 Å². The van der Waals surface area contributed by atoms with Crippen molar-refractivity contribution < 1.29 is 9.13 Å². The summed E-state index contributed by atoms with van der Waals surface area (Å²) in [5, 5.41) is 4.82. The fraction of sp³-hybridized carbons (Fsp3) is 0.400. The van der Waals surface area contributed by atoms with E-state index in [1.807, 2.05) is 19.9 Å². The first-order valence-electron chi connectivity index (χ1n) is 9.28. The first kappa shape index (κ1) is 17.7. The van der Waals surface area contributed by atoms with Crippen molar-refractivity contribution >= 4 is 11.6 Å². The Morgan fingerprint density at radius 1 is 1.25 bits per heavy atom. The number of pyridine rings is 1. The highest BCUT2D eigenvalue weighted by molar-refractivity contribution is 6.28. The Morgan fingerprint density at radius 2 is 2.11 bits per heavy atom. The van der Waals surface area contributed by atoms with Crippen LogP contribution in [-0.4, -0.2) is 37.9 Å². The topological polar surface area (TPSA) is 65.7 Å². The molecule has 3 aromatic heterocycles. The van der Waals surface area contributed by atoms with Gasteiger partial charge in [-0.1, -0.05) is 0 Å². The van der Waals surface area contributed by atoms with Crippen LogP contribution in [0.1, 0.15) is 29.9 Å². The molecule has 0 radical (unpaired) electrons. The smallest absolute Gasteiger partial charge is 0.223 e. The minimum atomic E-state index is -0.405. The third kappa shape index (κ3) is 2.72. The van der Waals surface area contributed by atoms with E-state index < -0.39 is 5.82 Å². The van der Waals surface area contributed by atoms with Gasteiger partial charge >= 0.3 is 0 Å². The molecule has 1 aliphatic heterocycles. The van der Waals surface area contributed by atoms with Gasteiger partial charge in [0.2, 0.25) is 5.28 Å². The minimum absolute atomic E-state index is 0.0594. The number of halogens is 2. The number of nitrogens with zero attached hydrogens (tertiary/aromatic N) is 5. The molecule has 0 amide bonds. The number of aromatic nitrogens is 5. The van der Waals surface area contributed by atoms with Crippen molar-refractivity contribution in [2.24, 2.45) is 5.92 Å². The number of fused-ring (bicyclic) bond motifs is 1. The molecule has 0 bridgehead atoms. The second kappa shape index (κ2) is 6.32. The molecule has 1 saturated carbocycles. The molecule has 144 valence electrons. The van der Waals surface area contributed by atoms with Crippen LogP contribution >= 0.6 is 11.6 Å². The summed E-state index contributed by atoms with van der Waals surface area (Å²) in [4.78, 5) is 12.9. The van der Waals surface area contributed by atoms with E-state index in [9.17, 15) is 4.39 Å². The minimum Gasteiger partial charge on any atom is -0.381 e. The summed E-state index contributed by atoms with van der Waals surface area (Å²) in [6.45, 7) is 5.37. The fourth-order valence-corrected chi connectivity index (χ4v) is 4.59.